The first-order valence-corrected chi connectivity index (χ1v) is 10.5. The van der Waals surface area contributed by atoms with Gasteiger partial charge in [0.25, 0.3) is 0 Å². The van der Waals surface area contributed by atoms with Crippen LogP contribution in [0.3, 0.4) is 0 Å². The number of piperidine rings is 1. The molecule has 31 heavy (non-hydrogen) atoms. The van der Waals surface area contributed by atoms with Gasteiger partial charge in [0.1, 0.15) is 5.75 Å². The molecule has 1 aliphatic rings. The Labute approximate surface area is 176 Å². The van der Waals surface area contributed by atoms with Crippen molar-refractivity contribution < 1.29 is 31.2 Å². The summed E-state index contributed by atoms with van der Waals surface area (Å²) in [4.78, 5) is 9.21. The van der Waals surface area contributed by atoms with Gasteiger partial charge in [-0.3, -0.25) is 4.98 Å². The van der Waals surface area contributed by atoms with E-state index in [9.17, 15) is 21.6 Å². The molecular weight excluding hydrogens is 437 g/mol. The number of hydrogen-bond acceptors (Lipinski definition) is 7. The highest BCUT2D eigenvalue weighted by atomic mass is 32.2. The molecule has 0 N–H and O–H groups in total. The zero-order chi connectivity index (χ0) is 22.5. The summed E-state index contributed by atoms with van der Waals surface area (Å²) in [7, 11) is -3.86. The molecule has 0 bridgehead atoms. The lowest BCUT2D eigenvalue weighted by molar-refractivity contribution is -0.274. The summed E-state index contributed by atoms with van der Waals surface area (Å²) in [5, 5.41) is 12.9. The first-order chi connectivity index (χ1) is 14.7. The number of ether oxygens (including phenoxy) is 1. The van der Waals surface area contributed by atoms with Gasteiger partial charge in [0.2, 0.25) is 10.0 Å². The Balaban J connectivity index is 1.55. The number of nitrogens with zero attached hydrogens (tertiary/aromatic N) is 4. The first-order valence-electron chi connectivity index (χ1n) is 9.06. The molecular formula is C19H17F3N4O4S. The van der Waals surface area contributed by atoms with Crippen molar-refractivity contribution in [2.75, 3.05) is 13.1 Å². The average Bonchev–Trinajstić information content (AvgIpc) is 2.73. The van der Waals surface area contributed by atoms with Gasteiger partial charge in [0.05, 0.1) is 27.9 Å². The molecule has 1 aliphatic heterocycles. The summed E-state index contributed by atoms with van der Waals surface area (Å²) >= 11 is 0. The zero-order valence-electron chi connectivity index (χ0n) is 16.0. The van der Waals surface area contributed by atoms with E-state index in [4.69, 9.17) is 10.1 Å². The van der Waals surface area contributed by atoms with Crippen molar-refractivity contribution in [3.63, 3.8) is 0 Å². The number of rotatable bonds is 6. The molecule has 0 unspecified atom stereocenters. The topological polar surface area (TPSA) is 105 Å². The van der Waals surface area contributed by atoms with Crippen LogP contribution in [0.25, 0.3) is 0 Å². The van der Waals surface area contributed by atoms with Crippen LogP contribution in [0.1, 0.15) is 24.1 Å². The molecule has 1 aromatic carbocycles. The minimum atomic E-state index is -4.85. The van der Waals surface area contributed by atoms with Crippen LogP contribution in [-0.2, 0) is 21.5 Å². The summed E-state index contributed by atoms with van der Waals surface area (Å²) in [5.41, 5.74) is 1.68. The maximum atomic E-state index is 12.7. The van der Waals surface area contributed by atoms with Gasteiger partial charge in [0.15, 0.2) is 6.61 Å². The number of halogens is 3. The van der Waals surface area contributed by atoms with Crippen molar-refractivity contribution >= 4 is 15.7 Å². The predicted octanol–water partition coefficient (Wildman–Crippen LogP) is 3.21. The highest BCUT2D eigenvalue weighted by Crippen LogP contribution is 2.26. The second kappa shape index (κ2) is 9.32. The van der Waals surface area contributed by atoms with Gasteiger partial charge >= 0.3 is 6.36 Å². The fourth-order valence-corrected chi connectivity index (χ4v) is 4.30. The molecule has 0 aliphatic carbocycles. The van der Waals surface area contributed by atoms with Gasteiger partial charge in [-0.05, 0) is 36.4 Å². The number of sulfonamides is 1. The Morgan fingerprint density at radius 1 is 1.16 bits per heavy atom. The zero-order valence-corrected chi connectivity index (χ0v) is 16.9. The summed E-state index contributed by atoms with van der Waals surface area (Å²) in [6.07, 6.45) is -2.66. The van der Waals surface area contributed by atoms with Gasteiger partial charge in [0, 0.05) is 32.1 Å². The Kier molecular flexibility index (Phi) is 6.77. The minimum Gasteiger partial charge on any atom is -0.406 e. The quantitative estimate of drug-likeness (QED) is 0.621. The molecule has 1 saturated heterocycles. The van der Waals surface area contributed by atoms with Gasteiger partial charge in [-0.25, -0.2) is 8.42 Å². The fourth-order valence-electron chi connectivity index (χ4n) is 2.85. The normalized spacial score (nSPS) is 15.2. The van der Waals surface area contributed by atoms with Crippen LogP contribution in [0.5, 0.6) is 5.75 Å². The summed E-state index contributed by atoms with van der Waals surface area (Å²) in [6, 6.07) is 9.22. The lowest BCUT2D eigenvalue weighted by Crippen LogP contribution is -2.38. The van der Waals surface area contributed by atoms with Crippen LogP contribution in [-0.4, -0.2) is 42.9 Å². The smallest absolute Gasteiger partial charge is 0.406 e. The van der Waals surface area contributed by atoms with E-state index in [-0.39, 0.29) is 24.6 Å². The van der Waals surface area contributed by atoms with Gasteiger partial charge in [-0.2, -0.15) is 9.57 Å². The van der Waals surface area contributed by atoms with Crippen molar-refractivity contribution in [2.45, 2.75) is 30.7 Å². The lowest BCUT2D eigenvalue weighted by Gasteiger charge is -2.26. The van der Waals surface area contributed by atoms with E-state index in [1.54, 1.807) is 12.1 Å². The SMILES string of the molecule is N#Cc1ccnc(CON=C2CCN(S(=O)(=O)c3ccc(OC(F)(F)F)cc3)CC2)c1. The highest BCUT2D eigenvalue weighted by Gasteiger charge is 2.32. The van der Waals surface area contributed by atoms with Crippen molar-refractivity contribution in [1.82, 2.24) is 9.29 Å². The third kappa shape index (κ3) is 6.16. The van der Waals surface area contributed by atoms with Crippen LogP contribution in [0.2, 0.25) is 0 Å². The number of aromatic nitrogens is 1. The van der Waals surface area contributed by atoms with Gasteiger partial charge in [-0.15, -0.1) is 13.2 Å². The van der Waals surface area contributed by atoms with E-state index in [0.29, 0.717) is 29.8 Å². The number of oxime groups is 1. The Bertz CT molecular complexity index is 1090. The Morgan fingerprint density at radius 2 is 1.84 bits per heavy atom. The number of alkyl halides is 3. The standard InChI is InChI=1S/C19H17F3N4O4S/c20-19(21,22)30-17-1-3-18(4-2-17)31(27,28)26-9-6-15(7-10-26)25-29-13-16-11-14(12-23)5-8-24-16/h1-5,8,11H,6-7,9-10,13H2. The third-order valence-corrected chi connectivity index (χ3v) is 6.26. The van der Waals surface area contributed by atoms with Crippen molar-refractivity contribution in [3.05, 3.63) is 53.9 Å². The van der Waals surface area contributed by atoms with Gasteiger partial charge < -0.3 is 9.57 Å². The molecule has 12 heteroatoms. The van der Waals surface area contributed by atoms with Gasteiger partial charge in [-0.1, -0.05) is 5.16 Å². The molecule has 0 radical (unpaired) electrons. The van der Waals surface area contributed by atoms with Crippen LogP contribution in [0, 0.1) is 11.3 Å². The van der Waals surface area contributed by atoms with Crippen molar-refractivity contribution in [3.8, 4) is 11.8 Å². The molecule has 1 fully saturated rings. The molecule has 2 aromatic rings. The molecule has 8 nitrogen and oxygen atoms in total. The van der Waals surface area contributed by atoms with Crippen LogP contribution >= 0.6 is 0 Å². The second-order valence-electron chi connectivity index (χ2n) is 6.50. The Hall–Kier alpha value is -3.17. The molecule has 0 spiro atoms. The maximum absolute atomic E-state index is 12.7. The van der Waals surface area contributed by atoms with Crippen LogP contribution in [0.4, 0.5) is 13.2 Å². The van der Waals surface area contributed by atoms with E-state index in [0.717, 1.165) is 24.3 Å². The summed E-state index contributed by atoms with van der Waals surface area (Å²) in [5.74, 6) is -0.494. The van der Waals surface area contributed by atoms with E-state index in [1.165, 1.54) is 10.5 Å². The monoisotopic (exact) mass is 454 g/mol. The maximum Gasteiger partial charge on any atom is 0.573 e. The molecule has 3 rings (SSSR count). The summed E-state index contributed by atoms with van der Waals surface area (Å²) in [6.45, 7) is 0.397. The number of nitriles is 1. The van der Waals surface area contributed by atoms with Crippen molar-refractivity contribution in [2.24, 2.45) is 5.16 Å². The summed E-state index contributed by atoms with van der Waals surface area (Å²) < 4.78 is 67.1. The molecule has 0 atom stereocenters. The second-order valence-corrected chi connectivity index (χ2v) is 8.44. The first kappa shape index (κ1) is 22.5. The average molecular weight is 454 g/mol. The molecule has 0 amide bonds. The molecule has 1 aromatic heterocycles. The van der Waals surface area contributed by atoms with Crippen molar-refractivity contribution in [1.29, 1.82) is 5.26 Å². The number of pyridine rings is 1. The van der Waals surface area contributed by atoms with E-state index < -0.39 is 22.1 Å². The van der Waals surface area contributed by atoms with E-state index in [2.05, 4.69) is 14.9 Å². The van der Waals surface area contributed by atoms with E-state index >= 15 is 0 Å². The van der Waals surface area contributed by atoms with Crippen LogP contribution in [0.15, 0.2) is 52.6 Å². The largest absolute Gasteiger partial charge is 0.573 e. The Morgan fingerprint density at radius 3 is 2.45 bits per heavy atom. The number of benzene rings is 1. The fraction of sp³-hybridized carbons (Fsp3) is 0.316. The third-order valence-electron chi connectivity index (χ3n) is 4.35. The molecule has 2 heterocycles. The minimum absolute atomic E-state index is 0.0768. The molecule has 0 saturated carbocycles. The highest BCUT2D eigenvalue weighted by molar-refractivity contribution is 7.89. The predicted molar refractivity (Wildman–Crippen MR) is 102 cm³/mol. The van der Waals surface area contributed by atoms with Crippen LogP contribution < -0.4 is 4.74 Å². The van der Waals surface area contributed by atoms with E-state index in [1.807, 2.05) is 6.07 Å². The lowest BCUT2D eigenvalue weighted by atomic mass is 10.1. The number of hydrogen-bond donors (Lipinski definition) is 0. The molecule has 164 valence electrons.